The van der Waals surface area contributed by atoms with E-state index in [0.717, 1.165) is 35.3 Å². The number of aryl methyl sites for hydroxylation is 2. The van der Waals surface area contributed by atoms with Crippen molar-refractivity contribution >= 4 is 5.97 Å². The van der Waals surface area contributed by atoms with Crippen LogP contribution in [0.3, 0.4) is 0 Å². The lowest BCUT2D eigenvalue weighted by atomic mass is 10.1. The summed E-state index contributed by atoms with van der Waals surface area (Å²) in [5, 5.41) is 16.5. The minimum atomic E-state index is -1.03. The molecule has 0 radical (unpaired) electrons. The van der Waals surface area contributed by atoms with Crippen LogP contribution in [0.1, 0.15) is 55.8 Å². The highest BCUT2D eigenvalue weighted by Gasteiger charge is 2.23. The number of H-pyrrole nitrogens is 1. The SMILES string of the molecule is CCCc1ccc(-c2nc(C(Oc3ccc(OCC(=O)O)c(C)c3)c3ccc(OC(C)C)cc3)n[nH]2)cc1. The third-order valence-corrected chi connectivity index (χ3v) is 5.81. The largest absolute Gasteiger partial charge is 0.491 e. The Morgan fingerprint density at radius 3 is 2.32 bits per heavy atom. The molecule has 0 amide bonds. The number of hydrogen-bond donors (Lipinski definition) is 2. The van der Waals surface area contributed by atoms with Crippen molar-refractivity contribution < 1.29 is 24.1 Å². The second-order valence-corrected chi connectivity index (χ2v) is 9.33. The van der Waals surface area contributed by atoms with Crippen molar-refractivity contribution in [2.45, 2.75) is 52.7 Å². The number of carboxylic acids is 1. The molecule has 0 aliphatic heterocycles. The Bertz CT molecular complexity index is 1350. The van der Waals surface area contributed by atoms with Gasteiger partial charge in [-0.2, -0.15) is 5.10 Å². The summed E-state index contributed by atoms with van der Waals surface area (Å²) in [4.78, 5) is 15.6. The third kappa shape index (κ3) is 6.91. The van der Waals surface area contributed by atoms with Crippen molar-refractivity contribution in [3.05, 3.63) is 89.2 Å². The van der Waals surface area contributed by atoms with Gasteiger partial charge in [0.15, 0.2) is 24.4 Å². The summed E-state index contributed by atoms with van der Waals surface area (Å²) in [6.07, 6.45) is 1.60. The van der Waals surface area contributed by atoms with Gasteiger partial charge in [0.25, 0.3) is 0 Å². The van der Waals surface area contributed by atoms with Crippen LogP contribution in [0.25, 0.3) is 11.4 Å². The van der Waals surface area contributed by atoms with Gasteiger partial charge in [-0.1, -0.05) is 49.7 Å². The Labute approximate surface area is 222 Å². The second-order valence-electron chi connectivity index (χ2n) is 9.33. The molecule has 198 valence electrons. The third-order valence-electron chi connectivity index (χ3n) is 5.81. The van der Waals surface area contributed by atoms with E-state index in [2.05, 4.69) is 29.3 Å². The minimum absolute atomic E-state index is 0.0667. The van der Waals surface area contributed by atoms with Gasteiger partial charge in [0.1, 0.15) is 17.2 Å². The standard InChI is InChI=1S/C30H33N3O5/c1-5-6-21-7-9-23(10-8-21)29-31-30(33-32-29)28(22-11-13-24(14-12-22)37-19(2)3)38-25-15-16-26(20(4)17-25)36-18-27(34)35/h7-17,19,28H,5-6,18H2,1-4H3,(H,34,35)(H,31,32,33). The quantitative estimate of drug-likeness (QED) is 0.233. The number of ether oxygens (including phenoxy) is 3. The predicted octanol–water partition coefficient (Wildman–Crippen LogP) is 6.15. The zero-order valence-corrected chi connectivity index (χ0v) is 22.1. The lowest BCUT2D eigenvalue weighted by Gasteiger charge is -2.19. The maximum absolute atomic E-state index is 10.9. The summed E-state index contributed by atoms with van der Waals surface area (Å²) in [7, 11) is 0. The zero-order chi connectivity index (χ0) is 27.1. The van der Waals surface area contributed by atoms with Crippen LogP contribution in [0.15, 0.2) is 66.7 Å². The number of carbonyl (C=O) groups is 1. The number of aromatic amines is 1. The summed E-state index contributed by atoms with van der Waals surface area (Å²) in [6, 6.07) is 21.2. The smallest absolute Gasteiger partial charge is 0.341 e. The molecule has 0 fully saturated rings. The van der Waals surface area contributed by atoms with Crippen molar-refractivity contribution in [2.75, 3.05) is 6.61 Å². The first-order valence-corrected chi connectivity index (χ1v) is 12.7. The molecule has 2 N–H and O–H groups in total. The minimum Gasteiger partial charge on any atom is -0.491 e. The number of nitrogens with one attached hydrogen (secondary N) is 1. The maximum Gasteiger partial charge on any atom is 0.341 e. The van der Waals surface area contributed by atoms with Gasteiger partial charge < -0.3 is 19.3 Å². The van der Waals surface area contributed by atoms with Gasteiger partial charge in [-0.15, -0.1) is 0 Å². The molecule has 1 aromatic heterocycles. The number of hydrogen-bond acceptors (Lipinski definition) is 6. The zero-order valence-electron chi connectivity index (χ0n) is 22.1. The monoisotopic (exact) mass is 515 g/mol. The number of carboxylic acid groups (broad SMARTS) is 1. The van der Waals surface area contributed by atoms with Crippen molar-refractivity contribution in [1.29, 1.82) is 0 Å². The number of aromatic nitrogens is 3. The number of nitrogens with zero attached hydrogens (tertiary/aromatic N) is 2. The van der Waals surface area contributed by atoms with Crippen molar-refractivity contribution in [2.24, 2.45) is 0 Å². The molecule has 38 heavy (non-hydrogen) atoms. The molecule has 1 heterocycles. The summed E-state index contributed by atoms with van der Waals surface area (Å²) in [6.45, 7) is 7.56. The van der Waals surface area contributed by atoms with E-state index in [1.54, 1.807) is 18.2 Å². The Hall–Kier alpha value is -4.33. The normalized spacial score (nSPS) is 11.8. The molecule has 3 aromatic carbocycles. The maximum atomic E-state index is 10.9. The van der Waals surface area contributed by atoms with E-state index in [9.17, 15) is 4.79 Å². The first-order valence-electron chi connectivity index (χ1n) is 12.7. The second kappa shape index (κ2) is 12.3. The molecule has 1 unspecified atom stereocenters. The van der Waals surface area contributed by atoms with Crippen LogP contribution in [-0.2, 0) is 11.2 Å². The van der Waals surface area contributed by atoms with Crippen LogP contribution in [0, 0.1) is 6.92 Å². The van der Waals surface area contributed by atoms with Crippen LogP contribution in [0.5, 0.6) is 17.2 Å². The molecule has 0 bridgehead atoms. The van der Waals surface area contributed by atoms with Crippen LogP contribution >= 0.6 is 0 Å². The van der Waals surface area contributed by atoms with Gasteiger partial charge in [-0.3, -0.25) is 5.10 Å². The van der Waals surface area contributed by atoms with Crippen LogP contribution in [-0.4, -0.2) is 39.0 Å². The summed E-state index contributed by atoms with van der Waals surface area (Å²) in [5.41, 5.74) is 3.84. The Morgan fingerprint density at radius 1 is 0.974 bits per heavy atom. The van der Waals surface area contributed by atoms with E-state index in [0.29, 0.717) is 23.1 Å². The molecular formula is C30H33N3O5. The first-order chi connectivity index (χ1) is 18.3. The molecule has 1 atom stereocenters. The fourth-order valence-corrected chi connectivity index (χ4v) is 4.03. The molecule has 0 aliphatic rings. The van der Waals surface area contributed by atoms with Crippen LogP contribution in [0.2, 0.25) is 0 Å². The average Bonchev–Trinajstić information content (AvgIpc) is 3.37. The molecule has 4 aromatic rings. The highest BCUT2D eigenvalue weighted by molar-refractivity contribution is 5.68. The fourth-order valence-electron chi connectivity index (χ4n) is 4.03. The molecule has 0 saturated carbocycles. The van der Waals surface area contributed by atoms with Gasteiger partial charge in [0.2, 0.25) is 0 Å². The molecule has 0 spiro atoms. The predicted molar refractivity (Wildman–Crippen MR) is 145 cm³/mol. The van der Waals surface area contributed by atoms with Gasteiger partial charge in [-0.25, -0.2) is 9.78 Å². The first kappa shape index (κ1) is 26.7. The van der Waals surface area contributed by atoms with Crippen molar-refractivity contribution in [3.8, 4) is 28.6 Å². The van der Waals surface area contributed by atoms with E-state index in [1.807, 2.05) is 57.2 Å². The van der Waals surface area contributed by atoms with Crippen LogP contribution in [0.4, 0.5) is 0 Å². The van der Waals surface area contributed by atoms with Gasteiger partial charge in [-0.05, 0) is 68.7 Å². The molecular weight excluding hydrogens is 482 g/mol. The van der Waals surface area contributed by atoms with Crippen molar-refractivity contribution in [3.63, 3.8) is 0 Å². The molecule has 8 heteroatoms. The summed E-state index contributed by atoms with van der Waals surface area (Å²) in [5.74, 6) is 1.94. The van der Waals surface area contributed by atoms with E-state index in [1.165, 1.54) is 5.56 Å². The average molecular weight is 516 g/mol. The highest BCUT2D eigenvalue weighted by atomic mass is 16.5. The van der Waals surface area contributed by atoms with E-state index >= 15 is 0 Å². The lowest BCUT2D eigenvalue weighted by molar-refractivity contribution is -0.139. The Kier molecular flexibility index (Phi) is 8.63. The highest BCUT2D eigenvalue weighted by Crippen LogP contribution is 2.31. The van der Waals surface area contributed by atoms with E-state index in [-0.39, 0.29) is 6.10 Å². The molecule has 0 saturated heterocycles. The lowest BCUT2D eigenvalue weighted by Crippen LogP contribution is -2.12. The number of benzene rings is 3. The molecule has 0 aliphatic carbocycles. The van der Waals surface area contributed by atoms with Crippen molar-refractivity contribution in [1.82, 2.24) is 15.2 Å². The van der Waals surface area contributed by atoms with E-state index in [4.69, 9.17) is 24.3 Å². The number of rotatable bonds is 12. The number of aliphatic carboxylic acids is 1. The van der Waals surface area contributed by atoms with Gasteiger partial charge in [0, 0.05) is 11.1 Å². The van der Waals surface area contributed by atoms with Gasteiger partial charge in [0.05, 0.1) is 6.10 Å². The van der Waals surface area contributed by atoms with Gasteiger partial charge >= 0.3 is 5.97 Å². The van der Waals surface area contributed by atoms with Crippen LogP contribution < -0.4 is 14.2 Å². The fraction of sp³-hybridized carbons (Fsp3) is 0.300. The summed E-state index contributed by atoms with van der Waals surface area (Å²) >= 11 is 0. The molecule has 8 nitrogen and oxygen atoms in total. The Morgan fingerprint density at radius 2 is 1.68 bits per heavy atom. The summed E-state index contributed by atoms with van der Waals surface area (Å²) < 4.78 is 17.6. The Balaban J connectivity index is 1.63. The molecule has 4 rings (SSSR count). The topological polar surface area (TPSA) is 107 Å². The van der Waals surface area contributed by atoms with E-state index < -0.39 is 18.7 Å².